The van der Waals surface area contributed by atoms with Crippen molar-refractivity contribution >= 4 is 16.9 Å². The Morgan fingerprint density at radius 1 is 1.07 bits per heavy atom. The van der Waals surface area contributed by atoms with E-state index in [-0.39, 0.29) is 24.5 Å². The van der Waals surface area contributed by atoms with Crippen LogP contribution >= 0.6 is 0 Å². The first-order valence-electron chi connectivity index (χ1n) is 10.4. The second kappa shape index (κ2) is 8.26. The van der Waals surface area contributed by atoms with E-state index < -0.39 is 11.2 Å². The smallest absolute Gasteiger partial charge is 0.332 e. The fourth-order valence-corrected chi connectivity index (χ4v) is 3.90. The molecule has 0 aliphatic carbocycles. The van der Waals surface area contributed by atoms with Crippen molar-refractivity contribution in [2.75, 3.05) is 13.1 Å². The number of carbonyl (C=O) groups is 1. The number of nitrogens with zero attached hydrogens (tertiary/aromatic N) is 4. The van der Waals surface area contributed by atoms with Gasteiger partial charge in [-0.3, -0.25) is 18.7 Å². The lowest BCUT2D eigenvalue weighted by atomic mass is 9.99. The van der Waals surface area contributed by atoms with Crippen molar-refractivity contribution in [1.82, 2.24) is 19.0 Å². The molecule has 7 heteroatoms. The molecule has 1 fully saturated rings. The van der Waals surface area contributed by atoms with Crippen LogP contribution in [-0.2, 0) is 17.9 Å². The van der Waals surface area contributed by atoms with Gasteiger partial charge in [0.1, 0.15) is 6.54 Å². The highest BCUT2D eigenvalue weighted by Gasteiger charge is 2.23. The highest BCUT2D eigenvalue weighted by Crippen LogP contribution is 2.16. The van der Waals surface area contributed by atoms with Crippen LogP contribution in [0.5, 0.6) is 0 Å². The predicted octanol–water partition coefficient (Wildman–Crippen LogP) is 2.17. The summed E-state index contributed by atoms with van der Waals surface area (Å²) in [4.78, 5) is 45.2. The Morgan fingerprint density at radius 3 is 2.47 bits per heavy atom. The van der Waals surface area contributed by atoms with E-state index in [9.17, 15) is 14.4 Å². The summed E-state index contributed by atoms with van der Waals surface area (Å²) in [5.41, 5.74) is 1.62. The topological polar surface area (TPSA) is 77.2 Å². The third kappa shape index (κ3) is 3.92. The van der Waals surface area contributed by atoms with Crippen LogP contribution in [0.3, 0.4) is 0 Å². The molecule has 1 aliphatic heterocycles. The maximum Gasteiger partial charge on any atom is 0.332 e. The highest BCUT2D eigenvalue weighted by atomic mass is 16.2. The van der Waals surface area contributed by atoms with Gasteiger partial charge in [-0.15, -0.1) is 0 Å². The van der Waals surface area contributed by atoms with E-state index in [1.807, 2.05) is 36.1 Å². The third-order valence-electron chi connectivity index (χ3n) is 5.88. The highest BCUT2D eigenvalue weighted by molar-refractivity contribution is 5.79. The van der Waals surface area contributed by atoms with E-state index >= 15 is 0 Å². The van der Waals surface area contributed by atoms with Crippen molar-refractivity contribution in [3.63, 3.8) is 0 Å². The van der Waals surface area contributed by atoms with Crippen LogP contribution < -0.4 is 11.2 Å². The molecule has 0 spiro atoms. The molecule has 0 radical (unpaired) electrons. The van der Waals surface area contributed by atoms with Gasteiger partial charge in [-0.05, 0) is 43.4 Å². The van der Waals surface area contributed by atoms with Gasteiger partial charge >= 0.3 is 5.69 Å². The van der Waals surface area contributed by atoms with Crippen LogP contribution in [0.1, 0.15) is 30.9 Å². The van der Waals surface area contributed by atoms with Gasteiger partial charge in [0.05, 0.1) is 12.1 Å². The Balaban J connectivity index is 1.75. The van der Waals surface area contributed by atoms with Crippen molar-refractivity contribution in [3.05, 3.63) is 74.6 Å². The van der Waals surface area contributed by atoms with Crippen LogP contribution in [0.15, 0.2) is 52.2 Å². The summed E-state index contributed by atoms with van der Waals surface area (Å²) in [6.45, 7) is 5.62. The van der Waals surface area contributed by atoms with Crippen LogP contribution in [0.4, 0.5) is 0 Å². The number of hydrogen-bond acceptors (Lipinski definition) is 4. The molecule has 30 heavy (non-hydrogen) atoms. The molecule has 0 atom stereocenters. The maximum absolute atomic E-state index is 13.3. The summed E-state index contributed by atoms with van der Waals surface area (Å²) in [6, 6.07) is 11.0. The quantitative estimate of drug-likeness (QED) is 0.665. The number of piperidine rings is 1. The van der Waals surface area contributed by atoms with Crippen LogP contribution in [0.25, 0.3) is 11.0 Å². The number of pyridine rings is 1. The van der Waals surface area contributed by atoms with Gasteiger partial charge in [0.2, 0.25) is 5.91 Å². The molecule has 0 unspecified atom stereocenters. The number of fused-ring (bicyclic) bond motifs is 1. The molecule has 4 rings (SSSR count). The summed E-state index contributed by atoms with van der Waals surface area (Å²) < 4.78 is 2.56. The van der Waals surface area contributed by atoms with Crippen molar-refractivity contribution in [2.24, 2.45) is 5.92 Å². The third-order valence-corrected chi connectivity index (χ3v) is 5.88. The van der Waals surface area contributed by atoms with Gasteiger partial charge in [-0.2, -0.15) is 0 Å². The van der Waals surface area contributed by atoms with Crippen LogP contribution in [0, 0.1) is 12.8 Å². The van der Waals surface area contributed by atoms with Gasteiger partial charge < -0.3 is 4.90 Å². The second-order valence-corrected chi connectivity index (χ2v) is 8.18. The number of amides is 1. The lowest BCUT2D eigenvalue weighted by molar-refractivity contribution is -0.133. The summed E-state index contributed by atoms with van der Waals surface area (Å²) in [5, 5.41) is 0. The molecule has 3 aromatic rings. The Hall–Kier alpha value is -3.22. The number of aryl methyl sites for hydroxylation is 1. The van der Waals surface area contributed by atoms with Crippen LogP contribution in [0.2, 0.25) is 0 Å². The maximum atomic E-state index is 13.3. The molecule has 1 amide bonds. The minimum atomic E-state index is -0.486. The Morgan fingerprint density at radius 2 is 1.77 bits per heavy atom. The fourth-order valence-electron chi connectivity index (χ4n) is 3.90. The molecule has 7 nitrogen and oxygen atoms in total. The first-order chi connectivity index (χ1) is 14.4. The standard InChI is InChI=1S/C23H26N4O3/c1-16-5-7-18(8-6-16)14-27-22(29)21-19(4-3-11-24-21)26(23(27)30)15-20(28)25-12-9-17(2)10-13-25/h3-8,11,17H,9-10,12-15H2,1-2H3. The van der Waals surface area contributed by atoms with Crippen molar-refractivity contribution in [2.45, 2.75) is 39.8 Å². The summed E-state index contributed by atoms with van der Waals surface area (Å²) in [6.07, 6.45) is 3.47. The average Bonchev–Trinajstić information content (AvgIpc) is 2.76. The number of aromatic nitrogens is 3. The lowest BCUT2D eigenvalue weighted by Crippen LogP contribution is -2.45. The molecule has 3 heterocycles. The molecule has 1 aliphatic rings. The van der Waals surface area contributed by atoms with E-state index in [2.05, 4.69) is 11.9 Å². The Labute approximate surface area is 174 Å². The number of hydrogen-bond donors (Lipinski definition) is 0. The number of likely N-dealkylation sites (tertiary alicyclic amines) is 1. The van der Waals surface area contributed by atoms with Gasteiger partial charge in [0.15, 0.2) is 5.52 Å². The molecule has 1 aromatic carbocycles. The first kappa shape index (κ1) is 20.1. The van der Waals surface area contributed by atoms with Gasteiger partial charge in [-0.25, -0.2) is 9.78 Å². The zero-order chi connectivity index (χ0) is 21.3. The summed E-state index contributed by atoms with van der Waals surface area (Å²) in [5.74, 6) is 0.507. The minimum absolute atomic E-state index is 0.0937. The largest absolute Gasteiger partial charge is 0.341 e. The van der Waals surface area contributed by atoms with Crippen molar-refractivity contribution in [3.8, 4) is 0 Å². The van der Waals surface area contributed by atoms with Gasteiger partial charge in [0, 0.05) is 19.3 Å². The van der Waals surface area contributed by atoms with E-state index in [1.54, 1.807) is 12.1 Å². The van der Waals surface area contributed by atoms with E-state index in [0.29, 0.717) is 24.5 Å². The molecular formula is C23H26N4O3. The molecule has 2 aromatic heterocycles. The number of rotatable bonds is 4. The molecule has 0 saturated carbocycles. The van der Waals surface area contributed by atoms with Crippen molar-refractivity contribution in [1.29, 1.82) is 0 Å². The molecule has 156 valence electrons. The van der Waals surface area contributed by atoms with E-state index in [1.165, 1.54) is 15.3 Å². The summed E-state index contributed by atoms with van der Waals surface area (Å²) >= 11 is 0. The lowest BCUT2D eigenvalue weighted by Gasteiger charge is -2.30. The number of carbonyl (C=O) groups excluding carboxylic acids is 1. The molecule has 1 saturated heterocycles. The number of benzene rings is 1. The van der Waals surface area contributed by atoms with Crippen molar-refractivity contribution < 1.29 is 4.79 Å². The summed E-state index contributed by atoms with van der Waals surface area (Å²) in [7, 11) is 0. The molecular weight excluding hydrogens is 380 g/mol. The molecule has 0 N–H and O–H groups in total. The fraction of sp³-hybridized carbons (Fsp3) is 0.391. The van der Waals surface area contributed by atoms with Crippen LogP contribution in [-0.4, -0.2) is 38.0 Å². The SMILES string of the molecule is Cc1ccc(Cn2c(=O)c3ncccc3n(CC(=O)N3CCC(C)CC3)c2=O)cc1. The van der Waals surface area contributed by atoms with E-state index in [0.717, 1.165) is 24.0 Å². The Kier molecular flexibility index (Phi) is 5.53. The normalized spacial score (nSPS) is 14.9. The Bertz CT molecular complexity index is 1190. The zero-order valence-corrected chi connectivity index (χ0v) is 17.4. The monoisotopic (exact) mass is 406 g/mol. The van der Waals surface area contributed by atoms with Gasteiger partial charge in [0.25, 0.3) is 5.56 Å². The zero-order valence-electron chi connectivity index (χ0n) is 17.4. The molecule has 0 bridgehead atoms. The average molecular weight is 406 g/mol. The van der Waals surface area contributed by atoms with Gasteiger partial charge in [-0.1, -0.05) is 36.8 Å². The first-order valence-corrected chi connectivity index (χ1v) is 10.4. The van der Waals surface area contributed by atoms with E-state index in [4.69, 9.17) is 0 Å². The predicted molar refractivity (Wildman–Crippen MR) is 116 cm³/mol. The second-order valence-electron chi connectivity index (χ2n) is 8.18. The minimum Gasteiger partial charge on any atom is -0.341 e.